The van der Waals surface area contributed by atoms with Gasteiger partial charge < -0.3 is 9.47 Å². The third-order valence-electron chi connectivity index (χ3n) is 3.08. The van der Waals surface area contributed by atoms with Gasteiger partial charge >= 0.3 is 0 Å². The lowest BCUT2D eigenvalue weighted by atomic mass is 10.1. The van der Waals surface area contributed by atoms with E-state index in [9.17, 15) is 4.39 Å². The standard InChI is InChI=1S/C16H23FN2O2/c1-3-20-9-7-19(8-10-21-4-2)13-15-11-14(12-18)5-6-16(15)17/h5-6,11H,3-4,7-10,13H2,1-2H3. The summed E-state index contributed by atoms with van der Waals surface area (Å²) in [5, 5.41) is 8.91. The highest BCUT2D eigenvalue weighted by Crippen LogP contribution is 2.13. The van der Waals surface area contributed by atoms with Gasteiger partial charge in [0.25, 0.3) is 0 Å². The van der Waals surface area contributed by atoms with Crippen molar-refractivity contribution in [2.24, 2.45) is 0 Å². The maximum atomic E-state index is 13.8. The van der Waals surface area contributed by atoms with E-state index >= 15 is 0 Å². The van der Waals surface area contributed by atoms with Crippen LogP contribution in [-0.4, -0.2) is 44.4 Å². The van der Waals surface area contributed by atoms with Crippen molar-refractivity contribution in [2.75, 3.05) is 39.5 Å². The molecule has 1 aromatic carbocycles. The Bertz CT molecular complexity index is 450. The van der Waals surface area contributed by atoms with Crippen molar-refractivity contribution >= 4 is 0 Å². The summed E-state index contributed by atoms with van der Waals surface area (Å²) in [5.74, 6) is -0.285. The van der Waals surface area contributed by atoms with Gasteiger partial charge in [0, 0.05) is 38.4 Å². The Kier molecular flexibility index (Phi) is 8.60. The molecule has 0 spiro atoms. The molecule has 116 valence electrons. The largest absolute Gasteiger partial charge is 0.380 e. The van der Waals surface area contributed by atoms with Crippen LogP contribution in [0.3, 0.4) is 0 Å². The summed E-state index contributed by atoms with van der Waals surface area (Å²) >= 11 is 0. The van der Waals surface area contributed by atoms with E-state index < -0.39 is 0 Å². The van der Waals surface area contributed by atoms with E-state index in [1.165, 1.54) is 12.1 Å². The second-order valence-corrected chi connectivity index (χ2v) is 4.59. The molecule has 0 aliphatic carbocycles. The van der Waals surface area contributed by atoms with Crippen molar-refractivity contribution in [2.45, 2.75) is 20.4 Å². The van der Waals surface area contributed by atoms with Crippen LogP contribution in [0.2, 0.25) is 0 Å². The summed E-state index contributed by atoms with van der Waals surface area (Å²) in [5.41, 5.74) is 1.00. The zero-order valence-corrected chi connectivity index (χ0v) is 12.8. The summed E-state index contributed by atoms with van der Waals surface area (Å²) in [6.45, 7) is 8.27. The van der Waals surface area contributed by atoms with Gasteiger partial charge in [0.1, 0.15) is 5.82 Å². The molecule has 0 unspecified atom stereocenters. The summed E-state index contributed by atoms with van der Waals surface area (Å²) < 4.78 is 24.6. The molecular formula is C16H23FN2O2. The molecule has 5 heteroatoms. The van der Waals surface area contributed by atoms with Crippen LogP contribution in [0.5, 0.6) is 0 Å². The van der Waals surface area contributed by atoms with E-state index in [-0.39, 0.29) is 5.82 Å². The lowest BCUT2D eigenvalue weighted by Crippen LogP contribution is -2.31. The van der Waals surface area contributed by atoms with Crippen LogP contribution < -0.4 is 0 Å². The van der Waals surface area contributed by atoms with E-state index in [0.29, 0.717) is 57.2 Å². The molecule has 0 heterocycles. The normalized spacial score (nSPS) is 10.8. The monoisotopic (exact) mass is 294 g/mol. The molecule has 0 saturated carbocycles. The van der Waals surface area contributed by atoms with Crippen LogP contribution in [-0.2, 0) is 16.0 Å². The van der Waals surface area contributed by atoms with E-state index in [0.717, 1.165) is 0 Å². The fourth-order valence-electron chi connectivity index (χ4n) is 1.95. The molecule has 0 saturated heterocycles. The van der Waals surface area contributed by atoms with Crippen molar-refractivity contribution in [3.05, 3.63) is 35.1 Å². The molecule has 1 aromatic rings. The quantitative estimate of drug-likeness (QED) is 0.622. The Labute approximate surface area is 126 Å². The second-order valence-electron chi connectivity index (χ2n) is 4.59. The smallest absolute Gasteiger partial charge is 0.127 e. The van der Waals surface area contributed by atoms with E-state index in [4.69, 9.17) is 14.7 Å². The number of hydrogen-bond acceptors (Lipinski definition) is 4. The highest BCUT2D eigenvalue weighted by molar-refractivity contribution is 5.33. The first-order valence-corrected chi connectivity index (χ1v) is 7.27. The number of benzene rings is 1. The van der Waals surface area contributed by atoms with Crippen LogP contribution >= 0.6 is 0 Å². The molecule has 1 rings (SSSR count). The van der Waals surface area contributed by atoms with Crippen molar-refractivity contribution < 1.29 is 13.9 Å². The Hall–Kier alpha value is -1.48. The third-order valence-corrected chi connectivity index (χ3v) is 3.08. The first-order chi connectivity index (χ1) is 10.2. The number of rotatable bonds is 10. The maximum absolute atomic E-state index is 13.8. The maximum Gasteiger partial charge on any atom is 0.127 e. The van der Waals surface area contributed by atoms with Crippen LogP contribution in [0.15, 0.2) is 18.2 Å². The first kappa shape index (κ1) is 17.6. The molecule has 0 aromatic heterocycles. The van der Waals surface area contributed by atoms with Crippen LogP contribution in [0.25, 0.3) is 0 Å². The Morgan fingerprint density at radius 3 is 2.29 bits per heavy atom. The average Bonchev–Trinajstić information content (AvgIpc) is 2.49. The third kappa shape index (κ3) is 6.67. The Morgan fingerprint density at radius 1 is 1.14 bits per heavy atom. The Morgan fingerprint density at radius 2 is 1.76 bits per heavy atom. The predicted molar refractivity (Wildman–Crippen MR) is 79.4 cm³/mol. The minimum Gasteiger partial charge on any atom is -0.380 e. The molecule has 0 aliphatic heterocycles. The van der Waals surface area contributed by atoms with Crippen LogP contribution in [0.4, 0.5) is 4.39 Å². The van der Waals surface area contributed by atoms with Crippen molar-refractivity contribution in [1.82, 2.24) is 4.90 Å². The highest BCUT2D eigenvalue weighted by Gasteiger charge is 2.10. The summed E-state index contributed by atoms with van der Waals surface area (Å²) in [6.07, 6.45) is 0. The molecule has 0 fully saturated rings. The van der Waals surface area contributed by atoms with Crippen molar-refractivity contribution in [3.8, 4) is 6.07 Å². The van der Waals surface area contributed by atoms with Crippen LogP contribution in [0, 0.1) is 17.1 Å². The Balaban J connectivity index is 2.67. The molecule has 0 radical (unpaired) electrons. The van der Waals surface area contributed by atoms with Gasteiger partial charge in [-0.25, -0.2) is 4.39 Å². The topological polar surface area (TPSA) is 45.5 Å². The molecule has 0 aliphatic rings. The number of nitrogens with zero attached hydrogens (tertiary/aromatic N) is 2. The number of hydrogen-bond donors (Lipinski definition) is 0. The van der Waals surface area contributed by atoms with Gasteiger partial charge in [-0.15, -0.1) is 0 Å². The zero-order chi connectivity index (χ0) is 15.5. The van der Waals surface area contributed by atoms with E-state index in [1.807, 2.05) is 19.9 Å². The van der Waals surface area contributed by atoms with Gasteiger partial charge in [-0.3, -0.25) is 4.90 Å². The van der Waals surface area contributed by atoms with Gasteiger partial charge in [-0.2, -0.15) is 5.26 Å². The summed E-state index contributed by atoms with van der Waals surface area (Å²) in [6, 6.07) is 6.47. The zero-order valence-electron chi connectivity index (χ0n) is 12.8. The number of halogens is 1. The minimum atomic E-state index is -0.285. The molecule has 4 nitrogen and oxygen atoms in total. The van der Waals surface area contributed by atoms with Crippen molar-refractivity contribution in [3.63, 3.8) is 0 Å². The molecular weight excluding hydrogens is 271 g/mol. The molecule has 0 amide bonds. The SMILES string of the molecule is CCOCCN(CCOCC)Cc1cc(C#N)ccc1F. The first-order valence-electron chi connectivity index (χ1n) is 7.27. The lowest BCUT2D eigenvalue weighted by Gasteiger charge is -2.22. The summed E-state index contributed by atoms with van der Waals surface area (Å²) in [7, 11) is 0. The van der Waals surface area contributed by atoms with E-state index in [2.05, 4.69) is 4.90 Å². The van der Waals surface area contributed by atoms with Gasteiger partial charge in [-0.1, -0.05) is 0 Å². The fourth-order valence-corrected chi connectivity index (χ4v) is 1.95. The summed E-state index contributed by atoms with van der Waals surface area (Å²) in [4.78, 5) is 2.07. The minimum absolute atomic E-state index is 0.285. The molecule has 0 bridgehead atoms. The average molecular weight is 294 g/mol. The van der Waals surface area contributed by atoms with E-state index in [1.54, 1.807) is 6.07 Å². The predicted octanol–water partition coefficient (Wildman–Crippen LogP) is 2.57. The number of ether oxygens (including phenoxy) is 2. The lowest BCUT2D eigenvalue weighted by molar-refractivity contribution is 0.0793. The van der Waals surface area contributed by atoms with Gasteiger partial charge in [-0.05, 0) is 32.0 Å². The van der Waals surface area contributed by atoms with Crippen LogP contribution in [0.1, 0.15) is 25.0 Å². The molecule has 0 atom stereocenters. The number of nitriles is 1. The fraction of sp³-hybridized carbons (Fsp3) is 0.562. The second kappa shape index (κ2) is 10.3. The molecule has 21 heavy (non-hydrogen) atoms. The van der Waals surface area contributed by atoms with Gasteiger partial charge in [0.2, 0.25) is 0 Å². The molecule has 0 N–H and O–H groups in total. The van der Waals surface area contributed by atoms with Crippen molar-refractivity contribution in [1.29, 1.82) is 5.26 Å². The van der Waals surface area contributed by atoms with Gasteiger partial charge in [0.15, 0.2) is 0 Å². The highest BCUT2D eigenvalue weighted by atomic mass is 19.1. The van der Waals surface area contributed by atoms with Gasteiger partial charge in [0.05, 0.1) is 24.8 Å².